The molecule has 7 aromatic carbocycles. The largest absolute Gasteiger partial charge is 0.309 e. The van der Waals surface area contributed by atoms with Crippen LogP contribution in [0.15, 0.2) is 133 Å². The Morgan fingerprint density at radius 2 is 0.917 bits per heavy atom. The molecule has 0 saturated heterocycles. The fourth-order valence-electron chi connectivity index (χ4n) is 8.81. The fraction of sp³-hybridized carbons (Fsp3) is 0.174. The molecule has 1 aliphatic rings. The minimum absolute atomic E-state index is 0.133. The number of hydrogen-bond acceptors (Lipinski definition) is 0. The van der Waals surface area contributed by atoms with Crippen LogP contribution in [-0.4, -0.2) is 9.13 Å². The van der Waals surface area contributed by atoms with Crippen LogP contribution < -0.4 is 0 Å². The van der Waals surface area contributed by atoms with Gasteiger partial charge in [-0.05, 0) is 111 Å². The van der Waals surface area contributed by atoms with Crippen molar-refractivity contribution in [1.29, 1.82) is 0 Å². The molecule has 0 unspecified atom stereocenters. The van der Waals surface area contributed by atoms with Crippen molar-refractivity contribution in [2.24, 2.45) is 0 Å². The normalized spacial score (nSPS) is 15.7. The maximum absolute atomic E-state index is 2.55. The maximum Gasteiger partial charge on any atom is 0.0548 e. The van der Waals surface area contributed by atoms with Crippen LogP contribution in [0.2, 0.25) is 0 Å². The molecule has 2 heteroatoms. The lowest BCUT2D eigenvalue weighted by Gasteiger charge is -2.42. The highest BCUT2D eigenvalue weighted by Crippen LogP contribution is 2.49. The van der Waals surface area contributed by atoms with Crippen LogP contribution in [0.3, 0.4) is 0 Å². The van der Waals surface area contributed by atoms with E-state index in [1.165, 1.54) is 100 Å². The topological polar surface area (TPSA) is 9.86 Å². The van der Waals surface area contributed by atoms with E-state index in [0.717, 1.165) is 0 Å². The van der Waals surface area contributed by atoms with Gasteiger partial charge < -0.3 is 9.13 Å². The van der Waals surface area contributed by atoms with Crippen LogP contribution >= 0.6 is 0 Å². The minimum Gasteiger partial charge on any atom is -0.309 e. The molecule has 0 fully saturated rings. The predicted molar refractivity (Wildman–Crippen MR) is 205 cm³/mol. The molecule has 0 spiro atoms. The first-order valence-corrected chi connectivity index (χ1v) is 17.3. The zero-order valence-corrected chi connectivity index (χ0v) is 28.0. The van der Waals surface area contributed by atoms with E-state index in [9.17, 15) is 0 Å². The molecule has 2 heterocycles. The molecule has 0 amide bonds. The van der Waals surface area contributed by atoms with Crippen molar-refractivity contribution in [3.8, 4) is 11.4 Å². The number of para-hydroxylation sites is 2. The van der Waals surface area contributed by atoms with Gasteiger partial charge in [-0.25, -0.2) is 0 Å². The van der Waals surface area contributed by atoms with Crippen molar-refractivity contribution in [2.75, 3.05) is 0 Å². The first-order chi connectivity index (χ1) is 23.3. The third-order valence-corrected chi connectivity index (χ3v) is 11.5. The highest BCUT2D eigenvalue weighted by molar-refractivity contribution is 6.19. The molecule has 0 bridgehead atoms. The van der Waals surface area contributed by atoms with Gasteiger partial charge in [0, 0.05) is 32.9 Å². The molecular weight excluding hydrogens is 581 g/mol. The maximum atomic E-state index is 2.55. The molecular formula is C46H38N2. The summed E-state index contributed by atoms with van der Waals surface area (Å²) in [6.07, 6.45) is 2.40. The second-order valence-electron chi connectivity index (χ2n) is 15.3. The van der Waals surface area contributed by atoms with Gasteiger partial charge in [-0.3, -0.25) is 0 Å². The molecule has 232 valence electrons. The van der Waals surface area contributed by atoms with Gasteiger partial charge in [0.05, 0.1) is 22.1 Å². The number of benzene rings is 7. The number of aromatic nitrogens is 2. The van der Waals surface area contributed by atoms with E-state index in [0.29, 0.717) is 0 Å². The van der Waals surface area contributed by atoms with Gasteiger partial charge in [0.25, 0.3) is 0 Å². The molecule has 0 atom stereocenters. The van der Waals surface area contributed by atoms with E-state index in [-0.39, 0.29) is 10.8 Å². The summed E-state index contributed by atoms with van der Waals surface area (Å²) in [5, 5.41) is 10.3. The molecule has 48 heavy (non-hydrogen) atoms. The van der Waals surface area contributed by atoms with Crippen molar-refractivity contribution in [1.82, 2.24) is 9.13 Å². The SMILES string of the molecule is CC1(C)CCC(C)(C)c2cc3c(cc21)c1cc2c(cc1n3-c1ccccc1)c1ccccc1n2-c1ccc2c(ccc3ccccc32)c1. The Balaban J connectivity index is 1.33. The minimum atomic E-state index is 0.133. The zero-order chi connectivity index (χ0) is 32.4. The highest BCUT2D eigenvalue weighted by Gasteiger charge is 2.38. The molecule has 0 radical (unpaired) electrons. The molecule has 2 aromatic heterocycles. The van der Waals surface area contributed by atoms with E-state index in [1.54, 1.807) is 0 Å². The van der Waals surface area contributed by atoms with Gasteiger partial charge >= 0.3 is 0 Å². The Hall–Kier alpha value is -5.34. The van der Waals surface area contributed by atoms with Crippen molar-refractivity contribution in [2.45, 2.75) is 51.4 Å². The zero-order valence-electron chi connectivity index (χ0n) is 28.0. The number of nitrogens with zero attached hydrogens (tertiary/aromatic N) is 2. The van der Waals surface area contributed by atoms with Gasteiger partial charge in [0.1, 0.15) is 0 Å². The van der Waals surface area contributed by atoms with Gasteiger partial charge in [-0.2, -0.15) is 0 Å². The predicted octanol–water partition coefficient (Wildman–Crippen LogP) is 12.5. The van der Waals surface area contributed by atoms with Crippen molar-refractivity contribution < 1.29 is 0 Å². The quantitative estimate of drug-likeness (QED) is 0.171. The fourth-order valence-corrected chi connectivity index (χ4v) is 8.81. The number of rotatable bonds is 2. The summed E-state index contributed by atoms with van der Waals surface area (Å²) in [4.78, 5) is 0. The second kappa shape index (κ2) is 9.61. The van der Waals surface area contributed by atoms with Gasteiger partial charge in [0.15, 0.2) is 0 Å². The van der Waals surface area contributed by atoms with E-state index in [4.69, 9.17) is 0 Å². The molecule has 9 aromatic rings. The summed E-state index contributed by atoms with van der Waals surface area (Å²) in [5.41, 5.74) is 10.7. The van der Waals surface area contributed by atoms with Crippen LogP contribution in [0.25, 0.3) is 76.5 Å². The Morgan fingerprint density at radius 3 is 1.69 bits per heavy atom. The van der Waals surface area contributed by atoms with E-state index < -0.39 is 0 Å². The van der Waals surface area contributed by atoms with Crippen LogP contribution in [0.4, 0.5) is 0 Å². The summed E-state index contributed by atoms with van der Waals surface area (Å²) < 4.78 is 4.99. The van der Waals surface area contributed by atoms with Crippen LogP contribution in [0.5, 0.6) is 0 Å². The summed E-state index contributed by atoms with van der Waals surface area (Å²) in [7, 11) is 0. The first kappa shape index (κ1) is 27.7. The lowest BCUT2D eigenvalue weighted by Crippen LogP contribution is -2.33. The smallest absolute Gasteiger partial charge is 0.0548 e. The van der Waals surface area contributed by atoms with Crippen LogP contribution in [-0.2, 0) is 10.8 Å². The molecule has 2 nitrogen and oxygen atoms in total. The summed E-state index contributed by atoms with van der Waals surface area (Å²) in [6, 6.07) is 50.0. The van der Waals surface area contributed by atoms with Crippen LogP contribution in [0.1, 0.15) is 51.7 Å². The van der Waals surface area contributed by atoms with E-state index in [2.05, 4.69) is 170 Å². The first-order valence-electron chi connectivity index (χ1n) is 17.3. The van der Waals surface area contributed by atoms with E-state index >= 15 is 0 Å². The Morgan fingerprint density at radius 1 is 0.375 bits per heavy atom. The summed E-state index contributed by atoms with van der Waals surface area (Å²) in [5.74, 6) is 0. The average Bonchev–Trinajstić information content (AvgIpc) is 3.60. The van der Waals surface area contributed by atoms with Gasteiger partial charge in [-0.1, -0.05) is 107 Å². The van der Waals surface area contributed by atoms with Crippen molar-refractivity contribution >= 4 is 65.2 Å². The monoisotopic (exact) mass is 618 g/mol. The Bertz CT molecular complexity index is 2770. The number of hydrogen-bond donors (Lipinski definition) is 0. The lowest BCUT2D eigenvalue weighted by molar-refractivity contribution is 0.332. The van der Waals surface area contributed by atoms with Gasteiger partial charge in [-0.15, -0.1) is 0 Å². The third-order valence-electron chi connectivity index (χ3n) is 11.5. The molecule has 0 saturated carbocycles. The summed E-state index contributed by atoms with van der Waals surface area (Å²) in [6.45, 7) is 9.72. The highest BCUT2D eigenvalue weighted by atomic mass is 15.0. The Labute approximate surface area is 280 Å². The Kier molecular flexibility index (Phi) is 5.55. The molecule has 10 rings (SSSR count). The van der Waals surface area contributed by atoms with Crippen molar-refractivity contribution in [3.63, 3.8) is 0 Å². The summed E-state index contributed by atoms with van der Waals surface area (Å²) >= 11 is 0. The van der Waals surface area contributed by atoms with E-state index in [1.807, 2.05) is 0 Å². The van der Waals surface area contributed by atoms with Crippen LogP contribution in [0, 0.1) is 0 Å². The standard InChI is InChI=1S/C46H38N2/c1-45(2)22-23-46(3,4)40-28-44-36(25-39(40)45)38-27-42-37(26-43(38)47(44)31-13-6-5-7-14-31)35-16-10-11-17-41(35)48(42)32-20-21-34-30(24-32)19-18-29-12-8-9-15-33(29)34/h5-21,24-28H,22-23H2,1-4H3. The molecule has 1 aliphatic carbocycles. The number of fused-ring (bicyclic) bond motifs is 10. The molecule has 0 aliphatic heterocycles. The third kappa shape index (κ3) is 3.80. The van der Waals surface area contributed by atoms with Crippen molar-refractivity contribution in [3.05, 3.63) is 145 Å². The second-order valence-corrected chi connectivity index (χ2v) is 15.3. The lowest BCUT2D eigenvalue weighted by atomic mass is 9.63. The molecule has 0 N–H and O–H groups in total. The van der Waals surface area contributed by atoms with Gasteiger partial charge in [0.2, 0.25) is 0 Å². The average molecular weight is 619 g/mol.